The van der Waals surface area contributed by atoms with Gasteiger partial charge in [0, 0.05) is 48.8 Å². The van der Waals surface area contributed by atoms with Crippen molar-refractivity contribution in [2.75, 3.05) is 13.2 Å². The summed E-state index contributed by atoms with van der Waals surface area (Å²) in [5, 5.41) is 11.9. The minimum Gasteiger partial charge on any atom is -0.463 e. The van der Waals surface area contributed by atoms with E-state index in [4.69, 9.17) is 18.9 Å². The van der Waals surface area contributed by atoms with Crippen molar-refractivity contribution in [3.05, 3.63) is 33.1 Å². The zero-order valence-electron chi connectivity index (χ0n) is 23.6. The molecular weight excluding hydrogens is 480 g/mol. The van der Waals surface area contributed by atoms with Crippen molar-refractivity contribution in [3.8, 4) is 0 Å². The Hall–Kier alpha value is -2.01. The fraction of sp³-hybridized carbons (Fsp3) is 0.815. The number of esters is 1. The summed E-state index contributed by atoms with van der Waals surface area (Å²) < 4.78 is 27.1. The largest absolute Gasteiger partial charge is 0.463 e. The number of hydrogen-bond acceptors (Lipinski definition) is 8. The number of fused-ring (bicyclic) bond motifs is 1. The van der Waals surface area contributed by atoms with E-state index in [-0.39, 0.29) is 49.2 Å². The summed E-state index contributed by atoms with van der Waals surface area (Å²) in [6.45, 7) is 17.5. The average Bonchev–Trinajstić information content (AvgIpc) is 3.02. The second kappa shape index (κ2) is 10.6. The number of rotatable bonds is 7. The highest BCUT2D eigenvalue weighted by atomic mass is 16.8. The number of carbonyl (C=O) groups excluding carboxylic acids is 1. The first kappa shape index (κ1) is 29.5. The lowest BCUT2D eigenvalue weighted by atomic mass is 9.85. The van der Waals surface area contributed by atoms with Gasteiger partial charge in [-0.2, -0.15) is 0 Å². The lowest BCUT2D eigenvalue weighted by molar-refractivity contribution is -0.438. The van der Waals surface area contributed by atoms with E-state index >= 15 is 0 Å². The summed E-state index contributed by atoms with van der Waals surface area (Å²) in [5.41, 5.74) is -2.65. The number of ether oxygens (including phenoxy) is 4. The summed E-state index contributed by atoms with van der Waals surface area (Å²) >= 11 is 0. The monoisotopic (exact) mass is 524 g/mol. The molecule has 1 aromatic rings. The van der Waals surface area contributed by atoms with Gasteiger partial charge in [0.05, 0.1) is 12.7 Å². The lowest BCUT2D eigenvalue weighted by Crippen LogP contribution is -2.63. The summed E-state index contributed by atoms with van der Waals surface area (Å²) in [4.78, 5) is 38.8. The summed E-state index contributed by atoms with van der Waals surface area (Å²) in [5.74, 6) is -3.23. The van der Waals surface area contributed by atoms with Gasteiger partial charge in [-0.3, -0.25) is 19.1 Å². The average molecular weight is 525 g/mol. The molecule has 10 heteroatoms. The van der Waals surface area contributed by atoms with Gasteiger partial charge in [-0.25, -0.2) is 4.79 Å². The second-order valence-corrected chi connectivity index (χ2v) is 11.8. The molecule has 37 heavy (non-hydrogen) atoms. The van der Waals surface area contributed by atoms with E-state index in [1.54, 1.807) is 0 Å². The number of H-pyrrole nitrogens is 1. The van der Waals surface area contributed by atoms with E-state index in [0.29, 0.717) is 0 Å². The molecule has 0 radical (unpaired) electrons. The Labute approximate surface area is 218 Å². The smallest absolute Gasteiger partial charge is 0.329 e. The van der Waals surface area contributed by atoms with Crippen LogP contribution in [0.4, 0.5) is 0 Å². The highest BCUT2D eigenvalue weighted by molar-refractivity contribution is 5.66. The van der Waals surface area contributed by atoms with Gasteiger partial charge in [-0.15, -0.1) is 0 Å². The predicted octanol–water partition coefficient (Wildman–Crippen LogP) is 2.62. The molecule has 0 amide bonds. The fourth-order valence-electron chi connectivity index (χ4n) is 6.18. The maximum Gasteiger partial charge on any atom is 0.329 e. The molecule has 2 heterocycles. The molecule has 4 atom stereocenters. The molecule has 1 saturated heterocycles. The SMILES string of the molecule is CC(=O)OC[C@@]1(n2ccc(=O)[nH]c2=O)C[C@@H]2COC(C(C)C)(C(C)C)OC(C(C)C)(C(C)C)O[C@H]2[C@H]1O. The standard InChI is InChI=1S/C27H44N2O8/c1-15(2)26(16(3)4)35-13-20-12-25(14-34-19(9)30,29-11-10-21(31)28-24(29)33)23(32)22(20)36-27(37-26,17(5)6)18(7)8/h10-11,15-18,20,22-23,32H,12-14H2,1-9H3,(H,28,31,33)/t20-,22-,23-,25+/m1/s1. The van der Waals surface area contributed by atoms with Crippen LogP contribution in [0.15, 0.2) is 21.9 Å². The van der Waals surface area contributed by atoms with E-state index in [2.05, 4.69) is 32.7 Å². The first-order chi connectivity index (χ1) is 17.1. The van der Waals surface area contributed by atoms with Crippen molar-refractivity contribution in [1.29, 1.82) is 0 Å². The third kappa shape index (κ3) is 5.05. The van der Waals surface area contributed by atoms with Gasteiger partial charge in [0.15, 0.2) is 11.6 Å². The summed E-state index contributed by atoms with van der Waals surface area (Å²) in [7, 11) is 0. The Kier molecular flexibility index (Phi) is 8.49. The zero-order chi connectivity index (χ0) is 27.9. The number of aromatic amines is 1. The summed E-state index contributed by atoms with van der Waals surface area (Å²) in [6, 6.07) is 1.21. The molecule has 2 fully saturated rings. The molecule has 3 rings (SSSR count). The summed E-state index contributed by atoms with van der Waals surface area (Å²) in [6.07, 6.45) is -0.516. The van der Waals surface area contributed by atoms with Crippen molar-refractivity contribution < 1.29 is 28.8 Å². The van der Waals surface area contributed by atoms with Crippen LogP contribution >= 0.6 is 0 Å². The topological polar surface area (TPSA) is 129 Å². The van der Waals surface area contributed by atoms with E-state index in [1.807, 2.05) is 27.7 Å². The molecule has 1 aliphatic carbocycles. The van der Waals surface area contributed by atoms with Crippen LogP contribution in [-0.4, -0.2) is 57.6 Å². The lowest BCUT2D eigenvalue weighted by Gasteiger charge is -2.54. The number of aliphatic hydroxyl groups excluding tert-OH is 1. The van der Waals surface area contributed by atoms with Crippen molar-refractivity contribution in [2.24, 2.45) is 29.6 Å². The van der Waals surface area contributed by atoms with Crippen LogP contribution in [0.1, 0.15) is 68.7 Å². The Morgan fingerprint density at radius 3 is 2.14 bits per heavy atom. The minimum atomic E-state index is -1.38. The molecule has 0 spiro atoms. The molecule has 0 unspecified atom stereocenters. The van der Waals surface area contributed by atoms with E-state index in [9.17, 15) is 19.5 Å². The van der Waals surface area contributed by atoms with E-state index in [0.717, 1.165) is 0 Å². The number of aromatic nitrogens is 2. The third-order valence-electron chi connectivity index (χ3n) is 8.15. The molecule has 10 nitrogen and oxygen atoms in total. The third-order valence-corrected chi connectivity index (χ3v) is 8.15. The van der Waals surface area contributed by atoms with Gasteiger partial charge in [0.25, 0.3) is 5.56 Å². The highest BCUT2D eigenvalue weighted by Gasteiger charge is 2.62. The van der Waals surface area contributed by atoms with Gasteiger partial charge < -0.3 is 24.1 Å². The van der Waals surface area contributed by atoms with Crippen LogP contribution < -0.4 is 11.2 Å². The number of hydrogen-bond donors (Lipinski definition) is 2. The molecule has 210 valence electrons. The van der Waals surface area contributed by atoms with Crippen LogP contribution in [0.2, 0.25) is 0 Å². The first-order valence-corrected chi connectivity index (χ1v) is 13.3. The van der Waals surface area contributed by atoms with Gasteiger partial charge in [0.1, 0.15) is 18.2 Å². The molecule has 1 saturated carbocycles. The quantitative estimate of drug-likeness (QED) is 0.521. The maximum absolute atomic E-state index is 12.9. The van der Waals surface area contributed by atoms with Crippen molar-refractivity contribution in [3.63, 3.8) is 0 Å². The van der Waals surface area contributed by atoms with Gasteiger partial charge in [-0.1, -0.05) is 55.4 Å². The molecule has 2 N–H and O–H groups in total. The number of nitrogens with one attached hydrogen (secondary N) is 1. The molecule has 2 aliphatic rings. The van der Waals surface area contributed by atoms with Crippen molar-refractivity contribution in [1.82, 2.24) is 9.55 Å². The normalized spacial score (nSPS) is 29.4. The van der Waals surface area contributed by atoms with Gasteiger partial charge in [-0.05, 0) is 6.42 Å². The van der Waals surface area contributed by atoms with Crippen LogP contribution in [-0.2, 0) is 29.3 Å². The first-order valence-electron chi connectivity index (χ1n) is 13.3. The number of aliphatic hydroxyl groups is 1. The van der Waals surface area contributed by atoms with Crippen LogP contribution in [0.5, 0.6) is 0 Å². The second-order valence-electron chi connectivity index (χ2n) is 11.8. The minimum absolute atomic E-state index is 0.0107. The van der Waals surface area contributed by atoms with E-state index in [1.165, 1.54) is 23.8 Å². The Balaban J connectivity index is 2.21. The highest BCUT2D eigenvalue weighted by Crippen LogP contribution is 2.51. The van der Waals surface area contributed by atoms with Crippen LogP contribution in [0, 0.1) is 29.6 Å². The molecular formula is C27H44N2O8. The maximum atomic E-state index is 12.9. The van der Waals surface area contributed by atoms with Crippen LogP contribution in [0.25, 0.3) is 0 Å². The Morgan fingerprint density at radius 1 is 1.08 bits per heavy atom. The van der Waals surface area contributed by atoms with Gasteiger partial charge in [0.2, 0.25) is 0 Å². The molecule has 1 aliphatic heterocycles. The Bertz CT molecular complexity index is 1060. The predicted molar refractivity (Wildman–Crippen MR) is 137 cm³/mol. The van der Waals surface area contributed by atoms with E-state index < -0.39 is 46.5 Å². The zero-order valence-corrected chi connectivity index (χ0v) is 23.6. The molecule has 0 aromatic carbocycles. The number of carbonyl (C=O) groups is 1. The fourth-order valence-corrected chi connectivity index (χ4v) is 6.18. The molecule has 0 bridgehead atoms. The Morgan fingerprint density at radius 2 is 1.65 bits per heavy atom. The van der Waals surface area contributed by atoms with Crippen molar-refractivity contribution in [2.45, 2.75) is 98.1 Å². The van der Waals surface area contributed by atoms with Crippen LogP contribution in [0.3, 0.4) is 0 Å². The number of nitrogens with zero attached hydrogens (tertiary/aromatic N) is 1. The van der Waals surface area contributed by atoms with Gasteiger partial charge >= 0.3 is 11.7 Å². The van der Waals surface area contributed by atoms with Crippen molar-refractivity contribution >= 4 is 5.97 Å². The molecule has 1 aromatic heterocycles.